The second-order valence-corrected chi connectivity index (χ2v) is 6.06. The summed E-state index contributed by atoms with van der Waals surface area (Å²) in [6, 6.07) is 14.3. The summed E-state index contributed by atoms with van der Waals surface area (Å²) in [4.78, 5) is 11.2. The highest BCUT2D eigenvalue weighted by atomic mass is 32.2. The summed E-state index contributed by atoms with van der Waals surface area (Å²) in [5, 5.41) is 0. The predicted octanol–water partition coefficient (Wildman–Crippen LogP) is 2.91. The molecule has 2 aromatic rings. The summed E-state index contributed by atoms with van der Waals surface area (Å²) < 4.78 is 34.3. The average molecular weight is 320 g/mol. The van der Waals surface area contributed by atoms with Crippen molar-refractivity contribution in [2.45, 2.75) is 24.8 Å². The number of hydrogen-bond donors (Lipinski definition) is 0. The van der Waals surface area contributed by atoms with Gasteiger partial charge in [0, 0.05) is 6.42 Å². The lowest BCUT2D eigenvalue weighted by Crippen LogP contribution is -2.10. The number of benzene rings is 2. The van der Waals surface area contributed by atoms with Crippen LogP contribution in [0.15, 0.2) is 59.5 Å². The summed E-state index contributed by atoms with van der Waals surface area (Å²) in [6.07, 6.45) is 0.290. The van der Waals surface area contributed by atoms with Crippen molar-refractivity contribution in [3.63, 3.8) is 0 Å². The molecule has 6 heteroatoms. The van der Waals surface area contributed by atoms with Gasteiger partial charge in [-0.05, 0) is 29.8 Å². The second kappa shape index (κ2) is 7.09. The van der Waals surface area contributed by atoms with E-state index in [0.29, 0.717) is 12.0 Å². The molecule has 0 aliphatic rings. The molecule has 2 aromatic carbocycles. The van der Waals surface area contributed by atoms with Gasteiger partial charge in [-0.25, -0.2) is 0 Å². The minimum atomic E-state index is -3.87. The minimum Gasteiger partial charge on any atom is -0.461 e. The third kappa shape index (κ3) is 4.33. The van der Waals surface area contributed by atoms with Crippen LogP contribution < -0.4 is 4.18 Å². The molecule has 5 nitrogen and oxygen atoms in total. The molecular weight excluding hydrogens is 304 g/mol. The van der Waals surface area contributed by atoms with Crippen molar-refractivity contribution in [2.24, 2.45) is 0 Å². The molecule has 0 aliphatic heterocycles. The van der Waals surface area contributed by atoms with Crippen LogP contribution in [0.1, 0.15) is 18.9 Å². The Balaban J connectivity index is 2.12. The lowest BCUT2D eigenvalue weighted by atomic mass is 10.2. The van der Waals surface area contributed by atoms with E-state index in [4.69, 9.17) is 8.92 Å². The molecule has 0 heterocycles. The molecule has 0 N–H and O–H groups in total. The first-order chi connectivity index (χ1) is 10.5. The molecule has 0 atom stereocenters. The van der Waals surface area contributed by atoms with Crippen molar-refractivity contribution in [1.82, 2.24) is 0 Å². The van der Waals surface area contributed by atoms with Gasteiger partial charge in [-0.1, -0.05) is 37.3 Å². The topological polar surface area (TPSA) is 69.7 Å². The molecule has 0 saturated heterocycles. The van der Waals surface area contributed by atoms with E-state index in [2.05, 4.69) is 0 Å². The first-order valence-electron chi connectivity index (χ1n) is 6.75. The highest BCUT2D eigenvalue weighted by molar-refractivity contribution is 7.87. The number of rotatable bonds is 6. The van der Waals surface area contributed by atoms with Gasteiger partial charge in [0.1, 0.15) is 17.3 Å². The van der Waals surface area contributed by atoms with Crippen molar-refractivity contribution < 1.29 is 22.1 Å². The van der Waals surface area contributed by atoms with Gasteiger partial charge in [0.15, 0.2) is 0 Å². The fraction of sp³-hybridized carbons (Fsp3) is 0.188. The summed E-state index contributed by atoms with van der Waals surface area (Å²) in [5.41, 5.74) is 0.655. The first kappa shape index (κ1) is 16.0. The Morgan fingerprint density at radius 3 is 2.45 bits per heavy atom. The molecule has 0 spiro atoms. The van der Waals surface area contributed by atoms with Crippen molar-refractivity contribution in [3.8, 4) is 5.75 Å². The smallest absolute Gasteiger partial charge is 0.339 e. The molecule has 2 rings (SSSR count). The summed E-state index contributed by atoms with van der Waals surface area (Å²) in [5.74, 6) is -0.142. The largest absolute Gasteiger partial charge is 0.461 e. The molecule has 0 fully saturated rings. The Kier molecular flexibility index (Phi) is 5.16. The molecular formula is C16H16O5S. The molecule has 0 amide bonds. The zero-order valence-corrected chi connectivity index (χ0v) is 12.9. The van der Waals surface area contributed by atoms with E-state index in [1.54, 1.807) is 37.3 Å². The monoisotopic (exact) mass is 320 g/mol. The Labute approximate surface area is 129 Å². The van der Waals surface area contributed by atoms with E-state index < -0.39 is 10.1 Å². The quantitative estimate of drug-likeness (QED) is 0.604. The number of hydrogen-bond acceptors (Lipinski definition) is 5. The molecule has 0 aromatic heterocycles. The molecule has 116 valence electrons. The van der Waals surface area contributed by atoms with E-state index in [-0.39, 0.29) is 23.2 Å². The fourth-order valence-electron chi connectivity index (χ4n) is 1.71. The van der Waals surface area contributed by atoms with Crippen molar-refractivity contribution in [3.05, 3.63) is 60.2 Å². The van der Waals surface area contributed by atoms with E-state index in [0.717, 1.165) is 0 Å². The van der Waals surface area contributed by atoms with Crippen LogP contribution in [0.3, 0.4) is 0 Å². The van der Waals surface area contributed by atoms with Crippen LogP contribution in [-0.2, 0) is 26.3 Å². The van der Waals surface area contributed by atoms with E-state index in [1.807, 2.05) is 0 Å². The van der Waals surface area contributed by atoms with Crippen LogP contribution in [0, 0.1) is 0 Å². The fourth-order valence-corrected chi connectivity index (χ4v) is 2.66. The van der Waals surface area contributed by atoms with E-state index >= 15 is 0 Å². The van der Waals surface area contributed by atoms with Crippen molar-refractivity contribution in [1.29, 1.82) is 0 Å². The minimum absolute atomic E-state index is 0.0786. The number of esters is 1. The maximum atomic E-state index is 12.1. The molecule has 0 radical (unpaired) electrons. The molecule has 0 unspecified atom stereocenters. The van der Waals surface area contributed by atoms with Crippen LogP contribution in [0.2, 0.25) is 0 Å². The average Bonchev–Trinajstić information content (AvgIpc) is 2.53. The van der Waals surface area contributed by atoms with Crippen LogP contribution in [0.25, 0.3) is 0 Å². The van der Waals surface area contributed by atoms with Crippen LogP contribution >= 0.6 is 0 Å². The van der Waals surface area contributed by atoms with Gasteiger partial charge in [0.25, 0.3) is 0 Å². The molecule has 0 saturated carbocycles. The molecule has 0 bridgehead atoms. The van der Waals surface area contributed by atoms with Crippen LogP contribution in [0.5, 0.6) is 5.75 Å². The van der Waals surface area contributed by atoms with Gasteiger partial charge in [0.2, 0.25) is 0 Å². The zero-order valence-electron chi connectivity index (χ0n) is 12.1. The van der Waals surface area contributed by atoms with Gasteiger partial charge in [-0.2, -0.15) is 8.42 Å². The summed E-state index contributed by atoms with van der Waals surface area (Å²) in [6.45, 7) is 1.78. The highest BCUT2D eigenvalue weighted by Gasteiger charge is 2.16. The van der Waals surface area contributed by atoms with Gasteiger partial charge < -0.3 is 8.92 Å². The van der Waals surface area contributed by atoms with Gasteiger partial charge in [-0.15, -0.1) is 0 Å². The number of carbonyl (C=O) groups is 1. The first-order valence-corrected chi connectivity index (χ1v) is 8.16. The Morgan fingerprint density at radius 2 is 1.77 bits per heavy atom. The highest BCUT2D eigenvalue weighted by Crippen LogP contribution is 2.20. The standard InChI is InChI=1S/C16H16O5S/c1-2-16(17)20-12-13-7-6-8-14(11-13)21-22(18,19)15-9-4-3-5-10-15/h3-11H,2,12H2,1H3. The Bertz CT molecular complexity index is 738. The Hall–Kier alpha value is -2.34. The van der Waals surface area contributed by atoms with Crippen molar-refractivity contribution in [2.75, 3.05) is 0 Å². The molecule has 0 aliphatic carbocycles. The SMILES string of the molecule is CCC(=O)OCc1cccc(OS(=O)(=O)c2ccccc2)c1. The Morgan fingerprint density at radius 1 is 1.05 bits per heavy atom. The summed E-state index contributed by atoms with van der Waals surface area (Å²) in [7, 11) is -3.87. The normalized spacial score (nSPS) is 11.0. The lowest BCUT2D eigenvalue weighted by Gasteiger charge is -2.09. The summed E-state index contributed by atoms with van der Waals surface area (Å²) >= 11 is 0. The van der Waals surface area contributed by atoms with Gasteiger partial charge in [0.05, 0.1) is 0 Å². The van der Waals surface area contributed by atoms with Crippen LogP contribution in [0.4, 0.5) is 0 Å². The third-order valence-electron chi connectivity index (χ3n) is 2.82. The van der Waals surface area contributed by atoms with Gasteiger partial charge >= 0.3 is 16.1 Å². The predicted molar refractivity (Wildman–Crippen MR) is 80.8 cm³/mol. The third-order valence-corrected chi connectivity index (χ3v) is 4.09. The number of ether oxygens (including phenoxy) is 1. The van der Waals surface area contributed by atoms with Crippen LogP contribution in [-0.4, -0.2) is 14.4 Å². The van der Waals surface area contributed by atoms with E-state index in [9.17, 15) is 13.2 Å². The molecule has 22 heavy (non-hydrogen) atoms. The lowest BCUT2D eigenvalue weighted by molar-refractivity contribution is -0.144. The van der Waals surface area contributed by atoms with Gasteiger partial charge in [-0.3, -0.25) is 4.79 Å². The number of carbonyl (C=O) groups excluding carboxylic acids is 1. The van der Waals surface area contributed by atoms with E-state index in [1.165, 1.54) is 24.3 Å². The van der Waals surface area contributed by atoms with Crippen molar-refractivity contribution >= 4 is 16.1 Å². The maximum absolute atomic E-state index is 12.1. The maximum Gasteiger partial charge on any atom is 0.339 e. The second-order valence-electron chi connectivity index (χ2n) is 4.51. The zero-order chi connectivity index (χ0) is 16.0.